The minimum atomic E-state index is -5.00. The van der Waals surface area contributed by atoms with E-state index in [0.29, 0.717) is 6.42 Å². The molecule has 7 nitrogen and oxygen atoms in total. The Labute approximate surface area is 157 Å². The van der Waals surface area contributed by atoms with Crippen LogP contribution in [0.3, 0.4) is 0 Å². The first kappa shape index (κ1) is 19.9. The molecule has 1 aromatic heterocycles. The zero-order valence-electron chi connectivity index (χ0n) is 14.9. The predicted octanol–water partition coefficient (Wildman–Crippen LogP) is 1.91. The number of hydrogen-bond acceptors (Lipinski definition) is 6. The lowest BCUT2D eigenvalue weighted by molar-refractivity contribution is -0.136. The van der Waals surface area contributed by atoms with Crippen LogP contribution in [0.4, 0.5) is 18.9 Å². The molecule has 1 amide bonds. The summed E-state index contributed by atoms with van der Waals surface area (Å²) in [6, 6.07) is 1.22. The topological polar surface area (TPSA) is 120 Å². The number of Topliss-reactive ketones (excluding diaryl/α,β-unsaturated/α-hetero) is 1. The largest absolute Gasteiger partial charge is 0.422 e. The minimum Gasteiger partial charge on any atom is -0.422 e. The molecule has 3 rings (SSSR count). The first-order valence-corrected chi connectivity index (χ1v) is 8.56. The van der Waals surface area contributed by atoms with Crippen LogP contribution >= 0.6 is 0 Å². The molecule has 1 aliphatic rings. The average Bonchev–Trinajstić information content (AvgIpc) is 3.07. The van der Waals surface area contributed by atoms with Crippen molar-refractivity contribution in [3.05, 3.63) is 39.7 Å². The summed E-state index contributed by atoms with van der Waals surface area (Å²) >= 11 is 0. The molecule has 1 aliphatic heterocycles. The van der Waals surface area contributed by atoms with Crippen molar-refractivity contribution in [3.8, 4) is 0 Å². The fourth-order valence-corrected chi connectivity index (χ4v) is 3.47. The third-order valence-electron chi connectivity index (χ3n) is 4.69. The summed E-state index contributed by atoms with van der Waals surface area (Å²) in [6.45, 7) is 1.59. The van der Waals surface area contributed by atoms with Crippen LogP contribution in [0.15, 0.2) is 27.4 Å². The third kappa shape index (κ3) is 3.35. The van der Waals surface area contributed by atoms with Crippen molar-refractivity contribution in [1.82, 2.24) is 4.90 Å². The van der Waals surface area contributed by atoms with Crippen molar-refractivity contribution in [1.29, 1.82) is 0 Å². The molecule has 2 atom stereocenters. The van der Waals surface area contributed by atoms with Crippen molar-refractivity contribution < 1.29 is 27.2 Å². The first-order chi connectivity index (χ1) is 13.0. The van der Waals surface area contributed by atoms with Crippen LogP contribution in [0.1, 0.15) is 35.7 Å². The van der Waals surface area contributed by atoms with Gasteiger partial charge in [-0.1, -0.05) is 0 Å². The molecule has 1 aromatic carbocycles. The summed E-state index contributed by atoms with van der Waals surface area (Å²) in [5.41, 5.74) is 6.92. The van der Waals surface area contributed by atoms with E-state index in [1.165, 1.54) is 13.0 Å². The van der Waals surface area contributed by atoms with E-state index in [0.717, 1.165) is 17.0 Å². The smallest absolute Gasteiger partial charge is 0.418 e. The molecule has 150 valence electrons. The second-order valence-electron chi connectivity index (χ2n) is 6.74. The van der Waals surface area contributed by atoms with Crippen LogP contribution in [0.2, 0.25) is 0 Å². The Morgan fingerprint density at radius 1 is 1.32 bits per heavy atom. The molecule has 28 heavy (non-hydrogen) atoms. The lowest BCUT2D eigenvalue weighted by atomic mass is 9.95. The number of likely N-dealkylation sites (tertiary alicyclic amines) is 1. The van der Waals surface area contributed by atoms with Crippen molar-refractivity contribution in [2.75, 3.05) is 12.3 Å². The van der Waals surface area contributed by atoms with E-state index in [4.69, 9.17) is 15.9 Å². The highest BCUT2D eigenvalue weighted by Gasteiger charge is 2.44. The Morgan fingerprint density at radius 3 is 2.61 bits per heavy atom. The molecule has 2 aromatic rings. The Balaban J connectivity index is 2.21. The van der Waals surface area contributed by atoms with Gasteiger partial charge in [-0.15, -0.1) is 0 Å². The highest BCUT2D eigenvalue weighted by atomic mass is 19.4. The van der Waals surface area contributed by atoms with Gasteiger partial charge in [0.15, 0.2) is 5.78 Å². The van der Waals surface area contributed by atoms with E-state index in [9.17, 15) is 27.6 Å². The summed E-state index contributed by atoms with van der Waals surface area (Å²) < 4.78 is 46.4. The first-order valence-electron chi connectivity index (χ1n) is 8.56. The second kappa shape index (κ2) is 6.93. The number of nitrogens with two attached hydrogens (primary N) is 2. The minimum absolute atomic E-state index is 0.104. The molecule has 2 unspecified atom stereocenters. The molecule has 4 N–H and O–H groups in total. The number of anilines is 1. The number of halogens is 3. The molecule has 1 fully saturated rings. The number of benzene rings is 1. The van der Waals surface area contributed by atoms with Crippen LogP contribution in [-0.4, -0.2) is 35.2 Å². The summed E-state index contributed by atoms with van der Waals surface area (Å²) in [6.07, 6.45) is -4.45. The quantitative estimate of drug-likeness (QED) is 0.464. The van der Waals surface area contributed by atoms with E-state index >= 15 is 0 Å². The van der Waals surface area contributed by atoms with Gasteiger partial charge in [-0.25, -0.2) is 4.79 Å². The molecular weight excluding hydrogens is 379 g/mol. The van der Waals surface area contributed by atoms with E-state index in [2.05, 4.69) is 0 Å². The fourth-order valence-electron chi connectivity index (χ4n) is 3.47. The monoisotopic (exact) mass is 397 g/mol. The number of fused-ring (bicyclic) bond motifs is 1. The number of alkyl halides is 3. The summed E-state index contributed by atoms with van der Waals surface area (Å²) in [7, 11) is 0. The van der Waals surface area contributed by atoms with E-state index < -0.39 is 52.1 Å². The van der Waals surface area contributed by atoms with Crippen LogP contribution in [-0.2, 0) is 11.0 Å². The van der Waals surface area contributed by atoms with Gasteiger partial charge in [-0.05, 0) is 31.9 Å². The lowest BCUT2D eigenvalue weighted by Crippen LogP contribution is -2.48. The number of carbonyl (C=O) groups is 2. The molecule has 0 saturated carbocycles. The maximum atomic E-state index is 13.8. The standard InChI is InChI=1S/C18H18F3N3O4/c1-8(22)16(26)24-6-2-3-11(24)15(25)13-14(18(19,20)21)10-5-4-9(23)7-12(10)28-17(13)27/h4-5,7-8,11H,2-3,6,22-23H2,1H3. The number of nitrogens with zero attached hydrogens (tertiary/aromatic N) is 1. The van der Waals surface area contributed by atoms with Gasteiger partial charge in [0.05, 0.1) is 17.6 Å². The van der Waals surface area contributed by atoms with Crippen LogP contribution in [0.5, 0.6) is 0 Å². The highest BCUT2D eigenvalue weighted by Crippen LogP contribution is 2.38. The number of carbonyl (C=O) groups excluding carboxylic acids is 2. The molecule has 10 heteroatoms. The number of rotatable bonds is 3. The molecule has 1 saturated heterocycles. The fraction of sp³-hybridized carbons (Fsp3) is 0.389. The number of nitrogen functional groups attached to an aromatic ring is 1. The normalized spacial score (nSPS) is 18.5. The van der Waals surface area contributed by atoms with Gasteiger partial charge in [0.2, 0.25) is 5.91 Å². The van der Waals surface area contributed by atoms with Gasteiger partial charge in [-0.2, -0.15) is 13.2 Å². The summed E-state index contributed by atoms with van der Waals surface area (Å²) in [5.74, 6) is -1.67. The van der Waals surface area contributed by atoms with Gasteiger partial charge < -0.3 is 20.8 Å². The van der Waals surface area contributed by atoms with Crippen molar-refractivity contribution >= 4 is 28.3 Å². The maximum Gasteiger partial charge on any atom is 0.418 e. The van der Waals surface area contributed by atoms with Gasteiger partial charge >= 0.3 is 11.8 Å². The molecule has 0 bridgehead atoms. The van der Waals surface area contributed by atoms with Gasteiger partial charge in [0.25, 0.3) is 0 Å². The van der Waals surface area contributed by atoms with Crippen LogP contribution < -0.4 is 17.1 Å². The second-order valence-corrected chi connectivity index (χ2v) is 6.74. The Hall–Kier alpha value is -2.88. The van der Waals surface area contributed by atoms with E-state index in [-0.39, 0.29) is 24.2 Å². The lowest BCUT2D eigenvalue weighted by Gasteiger charge is -2.26. The molecular formula is C18H18F3N3O4. The Kier molecular flexibility index (Phi) is 4.92. The summed E-state index contributed by atoms with van der Waals surface area (Å²) in [4.78, 5) is 38.7. The van der Waals surface area contributed by atoms with Crippen LogP contribution in [0.25, 0.3) is 11.0 Å². The average molecular weight is 397 g/mol. The SMILES string of the molecule is CC(N)C(=O)N1CCCC1C(=O)c1c(C(F)(F)F)c2ccc(N)cc2oc1=O. The molecule has 0 radical (unpaired) electrons. The van der Waals surface area contributed by atoms with E-state index in [1.54, 1.807) is 0 Å². The zero-order valence-corrected chi connectivity index (χ0v) is 14.9. The molecule has 2 heterocycles. The molecule has 0 spiro atoms. The van der Waals surface area contributed by atoms with E-state index in [1.807, 2.05) is 0 Å². The van der Waals surface area contributed by atoms with Gasteiger partial charge in [-0.3, -0.25) is 9.59 Å². The maximum absolute atomic E-state index is 13.8. The summed E-state index contributed by atoms with van der Waals surface area (Å²) in [5, 5.41) is -0.451. The third-order valence-corrected chi connectivity index (χ3v) is 4.69. The van der Waals surface area contributed by atoms with Crippen LogP contribution in [0, 0.1) is 0 Å². The number of ketones is 1. The van der Waals surface area contributed by atoms with Crippen molar-refractivity contribution in [2.24, 2.45) is 5.73 Å². The van der Waals surface area contributed by atoms with Crippen molar-refractivity contribution in [2.45, 2.75) is 38.0 Å². The van der Waals surface area contributed by atoms with Gasteiger partial charge in [0, 0.05) is 23.7 Å². The zero-order chi connectivity index (χ0) is 20.8. The molecule has 0 aliphatic carbocycles. The number of amides is 1. The Morgan fingerprint density at radius 2 is 2.00 bits per heavy atom. The number of hydrogen-bond donors (Lipinski definition) is 2. The Bertz CT molecular complexity index is 1010. The van der Waals surface area contributed by atoms with Gasteiger partial charge in [0.1, 0.15) is 11.1 Å². The highest BCUT2D eigenvalue weighted by molar-refractivity contribution is 6.06. The van der Waals surface area contributed by atoms with Crippen molar-refractivity contribution in [3.63, 3.8) is 0 Å². The predicted molar refractivity (Wildman–Crippen MR) is 94.6 cm³/mol.